The Morgan fingerprint density at radius 2 is 2.06 bits per heavy atom. The lowest BCUT2D eigenvalue weighted by Crippen LogP contribution is -2.47. The van der Waals surface area contributed by atoms with E-state index in [0.29, 0.717) is 0 Å². The van der Waals surface area contributed by atoms with Crippen molar-refractivity contribution in [3.63, 3.8) is 0 Å². The van der Waals surface area contributed by atoms with Crippen LogP contribution in [0.4, 0.5) is 4.39 Å². The molecule has 5 nitrogen and oxygen atoms in total. The lowest BCUT2D eigenvalue weighted by Gasteiger charge is -2.17. The second kappa shape index (κ2) is 5.79. The Morgan fingerprint density at radius 3 is 2.50 bits per heavy atom. The topological polar surface area (TPSA) is 86.6 Å². The third kappa shape index (κ3) is 3.41. The van der Waals surface area contributed by atoms with Crippen LogP contribution < -0.4 is 5.32 Å². The zero-order chi connectivity index (χ0) is 13.9. The fourth-order valence-electron chi connectivity index (χ4n) is 1.28. The molecule has 0 fully saturated rings. The summed E-state index contributed by atoms with van der Waals surface area (Å²) in [6.45, 7) is 1.23. The van der Waals surface area contributed by atoms with E-state index in [0.717, 1.165) is 18.2 Å². The molecule has 0 radical (unpaired) electrons. The van der Waals surface area contributed by atoms with Crippen molar-refractivity contribution in [2.24, 2.45) is 0 Å². The highest BCUT2D eigenvalue weighted by Gasteiger charge is 2.26. The molecule has 7 heteroatoms. The Hall–Kier alpha value is -1.66. The molecule has 0 saturated carbocycles. The quantitative estimate of drug-likeness (QED) is 0.766. The minimum atomic E-state index is -1.46. The molecular weight excluding hydrogens is 265 g/mol. The van der Waals surface area contributed by atoms with E-state index in [9.17, 15) is 19.1 Å². The van der Waals surface area contributed by atoms with Gasteiger partial charge in [-0.1, -0.05) is 11.6 Å². The van der Waals surface area contributed by atoms with E-state index in [2.05, 4.69) is 5.32 Å². The number of benzene rings is 1. The SMILES string of the molecule is CC(O)C(NC(=O)c1ccc(F)cc1Cl)C(=O)O. The number of aliphatic carboxylic acids is 1. The molecule has 0 aliphatic heterocycles. The van der Waals surface area contributed by atoms with Crippen molar-refractivity contribution < 1.29 is 24.2 Å². The van der Waals surface area contributed by atoms with Gasteiger partial charge in [0.1, 0.15) is 5.82 Å². The number of halogens is 2. The summed E-state index contributed by atoms with van der Waals surface area (Å²) in [7, 11) is 0. The van der Waals surface area contributed by atoms with E-state index in [1.807, 2.05) is 0 Å². The third-order valence-electron chi connectivity index (χ3n) is 2.21. The number of rotatable bonds is 4. The van der Waals surface area contributed by atoms with Crippen LogP contribution in [0.1, 0.15) is 17.3 Å². The summed E-state index contributed by atoms with van der Waals surface area (Å²) >= 11 is 5.66. The molecule has 0 bridgehead atoms. The zero-order valence-electron chi connectivity index (χ0n) is 9.35. The number of carbonyl (C=O) groups is 2. The molecule has 1 aromatic carbocycles. The summed E-state index contributed by atoms with van der Waals surface area (Å²) in [5.41, 5.74) is -0.0648. The number of aliphatic hydroxyl groups is 1. The maximum atomic E-state index is 12.8. The van der Waals surface area contributed by atoms with Crippen molar-refractivity contribution in [3.8, 4) is 0 Å². The summed E-state index contributed by atoms with van der Waals surface area (Å²) in [5, 5.41) is 19.9. The molecule has 3 N–H and O–H groups in total. The van der Waals surface area contributed by atoms with Crippen LogP contribution in [0.15, 0.2) is 18.2 Å². The first-order valence-corrected chi connectivity index (χ1v) is 5.37. The highest BCUT2D eigenvalue weighted by Crippen LogP contribution is 2.17. The van der Waals surface area contributed by atoms with Gasteiger partial charge in [-0.2, -0.15) is 0 Å². The fraction of sp³-hybridized carbons (Fsp3) is 0.273. The number of nitrogens with one attached hydrogen (secondary N) is 1. The lowest BCUT2D eigenvalue weighted by atomic mass is 10.1. The Bertz CT molecular complexity index is 478. The molecule has 18 heavy (non-hydrogen) atoms. The van der Waals surface area contributed by atoms with Gasteiger partial charge < -0.3 is 15.5 Å². The number of hydrogen-bond acceptors (Lipinski definition) is 3. The minimum Gasteiger partial charge on any atom is -0.480 e. The van der Waals surface area contributed by atoms with Gasteiger partial charge in [0.05, 0.1) is 16.7 Å². The molecule has 2 atom stereocenters. The van der Waals surface area contributed by atoms with Gasteiger partial charge in [0.15, 0.2) is 6.04 Å². The van der Waals surface area contributed by atoms with Gasteiger partial charge in [0, 0.05) is 0 Å². The maximum Gasteiger partial charge on any atom is 0.328 e. The molecule has 1 aromatic rings. The third-order valence-corrected chi connectivity index (χ3v) is 2.52. The molecule has 0 aliphatic carbocycles. The van der Waals surface area contributed by atoms with Crippen LogP contribution in [0.2, 0.25) is 5.02 Å². The summed E-state index contributed by atoms with van der Waals surface area (Å²) in [6, 6.07) is 1.64. The predicted octanol–water partition coefficient (Wildman–Crippen LogP) is 1.04. The number of carboxylic acids is 1. The fourth-order valence-corrected chi connectivity index (χ4v) is 1.53. The van der Waals surface area contributed by atoms with Gasteiger partial charge in [0.2, 0.25) is 0 Å². The first kappa shape index (κ1) is 14.4. The average Bonchev–Trinajstić information content (AvgIpc) is 2.24. The molecule has 0 aliphatic rings. The molecular formula is C11H11ClFNO4. The maximum absolute atomic E-state index is 12.8. The van der Waals surface area contributed by atoms with Crippen molar-refractivity contribution in [2.75, 3.05) is 0 Å². The average molecular weight is 276 g/mol. The van der Waals surface area contributed by atoms with Gasteiger partial charge in [-0.25, -0.2) is 9.18 Å². The van der Waals surface area contributed by atoms with Crippen LogP contribution in [-0.4, -0.2) is 34.2 Å². The number of amides is 1. The molecule has 1 rings (SSSR count). The predicted molar refractivity (Wildman–Crippen MR) is 62.0 cm³/mol. The smallest absolute Gasteiger partial charge is 0.328 e. The van der Waals surface area contributed by atoms with Gasteiger partial charge in [0.25, 0.3) is 5.91 Å². The van der Waals surface area contributed by atoms with E-state index < -0.39 is 29.8 Å². The molecule has 0 saturated heterocycles. The van der Waals surface area contributed by atoms with Gasteiger partial charge in [-0.15, -0.1) is 0 Å². The van der Waals surface area contributed by atoms with E-state index in [-0.39, 0.29) is 10.6 Å². The van der Waals surface area contributed by atoms with Gasteiger partial charge in [-0.05, 0) is 25.1 Å². The van der Waals surface area contributed by atoms with E-state index in [1.54, 1.807) is 0 Å². The zero-order valence-corrected chi connectivity index (χ0v) is 10.1. The van der Waals surface area contributed by atoms with Crippen molar-refractivity contribution in [2.45, 2.75) is 19.1 Å². The molecule has 0 spiro atoms. The van der Waals surface area contributed by atoms with Crippen LogP contribution in [0.3, 0.4) is 0 Å². The van der Waals surface area contributed by atoms with Crippen molar-refractivity contribution in [1.29, 1.82) is 0 Å². The standard InChI is InChI=1S/C11H11ClFNO4/c1-5(15)9(11(17)18)14-10(16)7-3-2-6(13)4-8(7)12/h2-5,9,15H,1H3,(H,14,16)(H,17,18). The van der Waals surface area contributed by atoms with Crippen LogP contribution >= 0.6 is 11.6 Å². The van der Waals surface area contributed by atoms with Crippen molar-refractivity contribution >= 4 is 23.5 Å². The summed E-state index contributed by atoms with van der Waals surface area (Å²) in [6.07, 6.45) is -1.27. The Balaban J connectivity index is 2.91. The van der Waals surface area contributed by atoms with Crippen LogP contribution in [0.25, 0.3) is 0 Å². The monoisotopic (exact) mass is 275 g/mol. The second-order valence-electron chi connectivity index (χ2n) is 3.65. The van der Waals surface area contributed by atoms with Crippen LogP contribution in [-0.2, 0) is 4.79 Å². The Kier molecular flexibility index (Phi) is 4.63. The van der Waals surface area contributed by atoms with E-state index in [1.165, 1.54) is 6.92 Å². The van der Waals surface area contributed by atoms with Crippen molar-refractivity contribution in [3.05, 3.63) is 34.6 Å². The molecule has 0 heterocycles. The molecule has 1 amide bonds. The largest absolute Gasteiger partial charge is 0.480 e. The lowest BCUT2D eigenvalue weighted by molar-refractivity contribution is -0.141. The van der Waals surface area contributed by atoms with Crippen LogP contribution in [0.5, 0.6) is 0 Å². The second-order valence-corrected chi connectivity index (χ2v) is 4.06. The normalized spacial score (nSPS) is 13.8. The molecule has 98 valence electrons. The Morgan fingerprint density at radius 1 is 1.44 bits per heavy atom. The number of carboxylic acid groups (broad SMARTS) is 1. The summed E-state index contributed by atoms with van der Waals surface area (Å²) in [4.78, 5) is 22.5. The first-order valence-electron chi connectivity index (χ1n) is 4.99. The van der Waals surface area contributed by atoms with E-state index >= 15 is 0 Å². The number of hydrogen-bond donors (Lipinski definition) is 3. The van der Waals surface area contributed by atoms with Crippen molar-refractivity contribution in [1.82, 2.24) is 5.32 Å². The minimum absolute atomic E-state index is 0.0648. The molecule has 0 aromatic heterocycles. The Labute approximate surface area is 107 Å². The van der Waals surface area contributed by atoms with Gasteiger partial charge >= 0.3 is 5.97 Å². The molecule has 2 unspecified atom stereocenters. The highest BCUT2D eigenvalue weighted by molar-refractivity contribution is 6.33. The highest BCUT2D eigenvalue weighted by atomic mass is 35.5. The summed E-state index contributed by atoms with van der Waals surface area (Å²) in [5.74, 6) is -2.79. The number of aliphatic hydroxyl groups excluding tert-OH is 1. The van der Waals surface area contributed by atoms with E-state index in [4.69, 9.17) is 16.7 Å². The van der Waals surface area contributed by atoms with Gasteiger partial charge in [-0.3, -0.25) is 4.79 Å². The van der Waals surface area contributed by atoms with Crippen LogP contribution in [0, 0.1) is 5.82 Å². The first-order chi connectivity index (χ1) is 8.32. The number of carbonyl (C=O) groups excluding carboxylic acids is 1. The summed E-state index contributed by atoms with van der Waals surface area (Å²) < 4.78 is 12.8.